The summed E-state index contributed by atoms with van der Waals surface area (Å²) in [5, 5.41) is 10.6. The van der Waals surface area contributed by atoms with Crippen LogP contribution >= 0.6 is 0 Å². The fourth-order valence-electron chi connectivity index (χ4n) is 6.58. The minimum absolute atomic E-state index is 0.186. The molecule has 0 bridgehead atoms. The maximum Gasteiger partial charge on any atom is 0.337 e. The Morgan fingerprint density at radius 1 is 1.00 bits per heavy atom. The van der Waals surface area contributed by atoms with Crippen molar-refractivity contribution in [1.82, 2.24) is 9.88 Å². The number of aliphatic carboxylic acids is 1. The first-order valence-electron chi connectivity index (χ1n) is 17.8. The van der Waals surface area contributed by atoms with Crippen LogP contribution in [0.1, 0.15) is 76.1 Å². The molecule has 0 saturated carbocycles. The Morgan fingerprint density at radius 3 is 2.28 bits per heavy atom. The average molecular weight is 692 g/mol. The van der Waals surface area contributed by atoms with Gasteiger partial charge in [-0.05, 0) is 81.3 Å². The number of hydrogen-bond acceptors (Lipinski definition) is 8. The molecule has 0 spiro atoms. The van der Waals surface area contributed by atoms with E-state index in [0.29, 0.717) is 36.6 Å². The van der Waals surface area contributed by atoms with Crippen LogP contribution in [0.25, 0.3) is 11.1 Å². The van der Waals surface area contributed by atoms with E-state index in [0.717, 1.165) is 86.9 Å². The predicted octanol–water partition coefficient (Wildman–Crippen LogP) is 7.23. The van der Waals surface area contributed by atoms with Gasteiger partial charge >= 0.3 is 5.97 Å². The van der Waals surface area contributed by atoms with Crippen LogP contribution in [0.5, 0.6) is 5.75 Å². The molecule has 2 saturated heterocycles. The number of aryl methyl sites for hydroxylation is 1. The van der Waals surface area contributed by atoms with Gasteiger partial charge in [-0.3, -0.25) is 9.88 Å². The van der Waals surface area contributed by atoms with Crippen LogP contribution in [0, 0.1) is 18.2 Å². The Labute approximate surface area is 296 Å². The standard InChI is InChI=1S/C40H54FN3O6/c1-28-34(37(38(45)46)50-39(2,3)4)36(44-18-16-40(5,6)17-19-44)35(33(42-28)27-48-26-22-43-20-24-47-25-21-43)30-9-13-32(14-10-30)49-23-15-29-7-11-31(41)12-8-29/h7-14,37H,15-27H2,1-6H3,(H,45,46). The van der Waals surface area contributed by atoms with Crippen molar-refractivity contribution in [2.45, 2.75) is 79.1 Å². The average Bonchev–Trinajstić information content (AvgIpc) is 3.07. The van der Waals surface area contributed by atoms with E-state index in [9.17, 15) is 14.3 Å². The third kappa shape index (κ3) is 10.2. The Hall–Kier alpha value is -3.57. The second kappa shape index (κ2) is 16.6. The minimum atomic E-state index is -1.21. The number of ether oxygens (including phenoxy) is 4. The van der Waals surface area contributed by atoms with E-state index in [4.69, 9.17) is 23.9 Å². The van der Waals surface area contributed by atoms with Gasteiger partial charge in [0.05, 0.1) is 50.0 Å². The molecule has 272 valence electrons. The van der Waals surface area contributed by atoms with Gasteiger partial charge in [0, 0.05) is 56.0 Å². The molecule has 1 aromatic heterocycles. The number of morpholine rings is 1. The SMILES string of the molecule is Cc1nc(COCCN2CCOCC2)c(-c2ccc(OCCc3ccc(F)cc3)cc2)c(N2CCC(C)(C)CC2)c1C(OC(C)(C)C)C(=O)O. The molecular weight excluding hydrogens is 637 g/mol. The highest BCUT2D eigenvalue weighted by Crippen LogP contribution is 2.45. The molecule has 50 heavy (non-hydrogen) atoms. The number of pyridine rings is 1. The Morgan fingerprint density at radius 2 is 1.66 bits per heavy atom. The van der Waals surface area contributed by atoms with Crippen molar-refractivity contribution in [3.8, 4) is 16.9 Å². The molecule has 5 rings (SSSR count). The third-order valence-electron chi connectivity index (χ3n) is 9.47. The molecule has 9 nitrogen and oxygen atoms in total. The summed E-state index contributed by atoms with van der Waals surface area (Å²) >= 11 is 0. The van der Waals surface area contributed by atoms with Gasteiger partial charge in [0.15, 0.2) is 6.10 Å². The highest BCUT2D eigenvalue weighted by atomic mass is 19.1. The Balaban J connectivity index is 1.52. The zero-order chi connectivity index (χ0) is 35.9. The second-order valence-electron chi connectivity index (χ2n) is 15.1. The number of anilines is 1. The van der Waals surface area contributed by atoms with Crippen LogP contribution in [0.4, 0.5) is 10.1 Å². The monoisotopic (exact) mass is 691 g/mol. The summed E-state index contributed by atoms with van der Waals surface area (Å²) < 4.78 is 37.5. The van der Waals surface area contributed by atoms with Gasteiger partial charge < -0.3 is 29.0 Å². The van der Waals surface area contributed by atoms with Gasteiger partial charge in [0.25, 0.3) is 0 Å². The number of rotatable bonds is 14. The fraction of sp³-hybridized carbons (Fsp3) is 0.550. The minimum Gasteiger partial charge on any atom is -0.493 e. The lowest BCUT2D eigenvalue weighted by atomic mass is 9.81. The van der Waals surface area contributed by atoms with Gasteiger partial charge in [0.1, 0.15) is 11.6 Å². The summed E-state index contributed by atoms with van der Waals surface area (Å²) in [4.78, 5) is 22.7. The zero-order valence-electron chi connectivity index (χ0n) is 30.6. The summed E-state index contributed by atoms with van der Waals surface area (Å²) in [7, 11) is 0. The van der Waals surface area contributed by atoms with E-state index in [1.165, 1.54) is 12.1 Å². The van der Waals surface area contributed by atoms with Gasteiger partial charge in [-0.15, -0.1) is 0 Å². The lowest BCUT2D eigenvalue weighted by molar-refractivity contribution is -0.160. The van der Waals surface area contributed by atoms with E-state index >= 15 is 0 Å². The van der Waals surface area contributed by atoms with Crippen molar-refractivity contribution < 1.29 is 33.2 Å². The molecule has 1 unspecified atom stereocenters. The number of hydrogen-bond donors (Lipinski definition) is 1. The molecular formula is C40H54FN3O6. The van der Waals surface area contributed by atoms with E-state index in [1.54, 1.807) is 12.1 Å². The molecule has 2 fully saturated rings. The molecule has 3 aromatic rings. The molecule has 2 aromatic carbocycles. The van der Waals surface area contributed by atoms with Crippen LogP contribution in [0.3, 0.4) is 0 Å². The molecule has 0 amide bonds. The molecule has 2 aliphatic rings. The lowest BCUT2D eigenvalue weighted by Crippen LogP contribution is -2.39. The molecule has 10 heteroatoms. The maximum atomic E-state index is 13.3. The van der Waals surface area contributed by atoms with Crippen LogP contribution in [0.15, 0.2) is 48.5 Å². The quantitative estimate of drug-likeness (QED) is 0.176. The molecule has 0 radical (unpaired) electrons. The number of aromatic nitrogens is 1. The molecule has 2 aliphatic heterocycles. The van der Waals surface area contributed by atoms with Crippen LogP contribution in [-0.4, -0.2) is 85.7 Å². The highest BCUT2D eigenvalue weighted by molar-refractivity contribution is 5.88. The first-order chi connectivity index (χ1) is 23.8. The Kier molecular flexibility index (Phi) is 12.5. The number of carboxylic acids is 1. The summed E-state index contributed by atoms with van der Waals surface area (Å²) in [6.07, 6.45) is 1.38. The van der Waals surface area contributed by atoms with E-state index < -0.39 is 17.7 Å². The van der Waals surface area contributed by atoms with Crippen molar-refractivity contribution >= 4 is 11.7 Å². The van der Waals surface area contributed by atoms with Crippen LogP contribution < -0.4 is 9.64 Å². The van der Waals surface area contributed by atoms with E-state index in [-0.39, 0.29) is 17.8 Å². The number of carboxylic acid groups (broad SMARTS) is 1. The largest absolute Gasteiger partial charge is 0.493 e. The fourth-order valence-corrected chi connectivity index (χ4v) is 6.58. The predicted molar refractivity (Wildman–Crippen MR) is 193 cm³/mol. The third-order valence-corrected chi connectivity index (χ3v) is 9.47. The molecule has 3 heterocycles. The van der Waals surface area contributed by atoms with E-state index in [1.807, 2.05) is 52.0 Å². The van der Waals surface area contributed by atoms with Gasteiger partial charge in [-0.25, -0.2) is 9.18 Å². The smallest absolute Gasteiger partial charge is 0.337 e. The molecule has 0 aliphatic carbocycles. The number of benzene rings is 2. The summed E-state index contributed by atoms with van der Waals surface area (Å²) in [5.41, 5.74) is 5.06. The van der Waals surface area contributed by atoms with Crippen LogP contribution in [-0.2, 0) is 32.0 Å². The van der Waals surface area contributed by atoms with Gasteiger partial charge in [0.2, 0.25) is 0 Å². The van der Waals surface area contributed by atoms with Gasteiger partial charge in [-0.2, -0.15) is 0 Å². The lowest BCUT2D eigenvalue weighted by Gasteiger charge is -2.41. The topological polar surface area (TPSA) is 93.6 Å². The number of halogens is 1. The van der Waals surface area contributed by atoms with Crippen molar-refractivity contribution in [2.24, 2.45) is 5.41 Å². The molecule has 1 atom stereocenters. The first-order valence-corrected chi connectivity index (χ1v) is 17.8. The van der Waals surface area contributed by atoms with Crippen molar-refractivity contribution in [1.29, 1.82) is 0 Å². The first kappa shape index (κ1) is 37.7. The second-order valence-corrected chi connectivity index (χ2v) is 15.1. The normalized spacial score (nSPS) is 17.5. The number of piperidine rings is 1. The summed E-state index contributed by atoms with van der Waals surface area (Å²) in [5.74, 6) is -0.595. The van der Waals surface area contributed by atoms with E-state index in [2.05, 4.69) is 23.6 Å². The summed E-state index contributed by atoms with van der Waals surface area (Å²) in [6, 6.07) is 14.4. The van der Waals surface area contributed by atoms with Crippen molar-refractivity contribution in [2.75, 3.05) is 64.1 Å². The number of nitrogens with zero attached hydrogens (tertiary/aromatic N) is 3. The highest BCUT2D eigenvalue weighted by Gasteiger charge is 2.37. The number of carbonyl (C=O) groups is 1. The maximum absolute atomic E-state index is 13.3. The van der Waals surface area contributed by atoms with Crippen molar-refractivity contribution in [3.05, 3.63) is 76.9 Å². The van der Waals surface area contributed by atoms with Crippen LogP contribution in [0.2, 0.25) is 0 Å². The Bertz CT molecular complexity index is 1560. The zero-order valence-corrected chi connectivity index (χ0v) is 30.6. The summed E-state index contributed by atoms with van der Waals surface area (Å²) in [6.45, 7) is 18.9. The van der Waals surface area contributed by atoms with Gasteiger partial charge in [-0.1, -0.05) is 38.1 Å². The molecule has 1 N–H and O–H groups in total. The van der Waals surface area contributed by atoms with Crippen molar-refractivity contribution in [3.63, 3.8) is 0 Å².